The van der Waals surface area contributed by atoms with Gasteiger partial charge in [0.25, 0.3) is 0 Å². The molecule has 2 heterocycles. The number of hydrogen-bond donors (Lipinski definition) is 1. The number of aromatic nitrogens is 2. The van der Waals surface area contributed by atoms with E-state index >= 15 is 0 Å². The van der Waals surface area contributed by atoms with E-state index in [-0.39, 0.29) is 16.6 Å². The highest BCUT2D eigenvalue weighted by molar-refractivity contribution is 7.16. The van der Waals surface area contributed by atoms with Gasteiger partial charge in [0.05, 0.1) is 5.92 Å². The Morgan fingerprint density at radius 3 is 2.67 bits per heavy atom. The second-order valence-electron chi connectivity index (χ2n) is 6.20. The van der Waals surface area contributed by atoms with Crippen LogP contribution >= 0.6 is 11.3 Å². The van der Waals surface area contributed by atoms with Crippen LogP contribution in [0.1, 0.15) is 24.1 Å². The summed E-state index contributed by atoms with van der Waals surface area (Å²) in [4.78, 5) is 16.8. The van der Waals surface area contributed by atoms with Crippen molar-refractivity contribution in [2.45, 2.75) is 19.0 Å². The molecule has 4 nitrogen and oxygen atoms in total. The summed E-state index contributed by atoms with van der Waals surface area (Å²) in [5, 5.41) is 5.75. The van der Waals surface area contributed by atoms with E-state index in [1.807, 2.05) is 42.5 Å². The zero-order chi connectivity index (χ0) is 19.2. The van der Waals surface area contributed by atoms with E-state index < -0.39 is 17.8 Å². The largest absolute Gasteiger partial charge is 0.432 e. The molecule has 2 aromatic carbocycles. The number of thiazole rings is 1. The lowest BCUT2D eigenvalue weighted by Crippen LogP contribution is -2.19. The Kier molecular flexibility index (Phi) is 4.15. The van der Waals surface area contributed by atoms with Crippen LogP contribution in [0.5, 0.6) is 0 Å². The van der Waals surface area contributed by atoms with Crippen LogP contribution < -0.4 is 5.32 Å². The molecule has 0 aliphatic heterocycles. The van der Waals surface area contributed by atoms with E-state index in [0.717, 1.165) is 43.8 Å². The molecule has 0 fully saturated rings. The Bertz CT molecular complexity index is 1150. The monoisotopic (exact) mass is 389 g/mol. The summed E-state index contributed by atoms with van der Waals surface area (Å²) >= 11 is 0.891. The number of imidazole rings is 1. The number of rotatable bonds is 3. The fourth-order valence-corrected chi connectivity index (χ4v) is 3.88. The summed E-state index contributed by atoms with van der Waals surface area (Å²) in [5.41, 5.74) is 0.0156. The highest BCUT2D eigenvalue weighted by Gasteiger charge is 2.35. The second-order valence-corrected chi connectivity index (χ2v) is 7.06. The molecule has 0 saturated heterocycles. The van der Waals surface area contributed by atoms with E-state index in [1.54, 1.807) is 6.92 Å². The number of alkyl halides is 3. The number of amides is 1. The van der Waals surface area contributed by atoms with Crippen molar-refractivity contribution in [3.8, 4) is 0 Å². The van der Waals surface area contributed by atoms with Crippen LogP contribution in [-0.4, -0.2) is 15.3 Å². The van der Waals surface area contributed by atoms with Crippen LogP contribution in [0.3, 0.4) is 0 Å². The van der Waals surface area contributed by atoms with Crippen LogP contribution in [-0.2, 0) is 11.0 Å². The van der Waals surface area contributed by atoms with Crippen LogP contribution in [0.4, 0.5) is 19.0 Å². The molecule has 138 valence electrons. The molecule has 0 saturated carbocycles. The van der Waals surface area contributed by atoms with E-state index in [4.69, 9.17) is 0 Å². The van der Waals surface area contributed by atoms with Crippen molar-refractivity contribution in [2.24, 2.45) is 0 Å². The zero-order valence-corrected chi connectivity index (χ0v) is 14.9. The quantitative estimate of drug-likeness (QED) is 0.516. The Hall–Kier alpha value is -2.87. The molecule has 0 radical (unpaired) electrons. The minimum atomic E-state index is -4.47. The number of nitrogens with zero attached hydrogens (tertiary/aromatic N) is 2. The van der Waals surface area contributed by atoms with Gasteiger partial charge in [0.1, 0.15) is 16.9 Å². The van der Waals surface area contributed by atoms with Crippen molar-refractivity contribution in [3.63, 3.8) is 0 Å². The van der Waals surface area contributed by atoms with E-state index in [1.165, 1.54) is 0 Å². The number of benzene rings is 2. The second kappa shape index (κ2) is 6.38. The molecule has 1 atom stereocenters. The molecule has 8 heteroatoms. The third-order valence-corrected chi connectivity index (χ3v) is 5.42. The topological polar surface area (TPSA) is 46.4 Å². The van der Waals surface area contributed by atoms with Crippen LogP contribution in [0, 0.1) is 0 Å². The molecule has 4 rings (SSSR count). The molecule has 0 aliphatic rings. The molecule has 0 spiro atoms. The Balaban J connectivity index is 1.59. The summed E-state index contributed by atoms with van der Waals surface area (Å²) in [5.74, 6) is -0.672. The first-order chi connectivity index (χ1) is 12.8. The first-order valence-corrected chi connectivity index (χ1v) is 9.04. The summed E-state index contributed by atoms with van der Waals surface area (Å²) in [7, 11) is 0. The predicted molar refractivity (Wildman–Crippen MR) is 99.1 cm³/mol. The Morgan fingerprint density at radius 2 is 1.93 bits per heavy atom. The van der Waals surface area contributed by atoms with Gasteiger partial charge in [-0.15, -0.1) is 11.3 Å². The third kappa shape index (κ3) is 3.16. The maximum atomic E-state index is 13.0. The summed E-state index contributed by atoms with van der Waals surface area (Å²) in [6.45, 7) is 1.75. The number of carbonyl (C=O) groups is 1. The van der Waals surface area contributed by atoms with Crippen molar-refractivity contribution < 1.29 is 18.0 Å². The number of anilines is 1. The lowest BCUT2D eigenvalue weighted by atomic mass is 9.97. The fraction of sp³-hybridized carbons (Fsp3) is 0.158. The molecular formula is C19H14F3N3OS. The molecule has 2 aromatic heterocycles. The number of fused-ring (bicyclic) bond motifs is 2. The maximum Gasteiger partial charge on any atom is 0.432 e. The minimum Gasteiger partial charge on any atom is -0.308 e. The molecular weight excluding hydrogens is 375 g/mol. The van der Waals surface area contributed by atoms with Gasteiger partial charge in [-0.3, -0.25) is 9.20 Å². The fourth-order valence-electron chi connectivity index (χ4n) is 2.93. The molecule has 1 amide bonds. The molecule has 1 N–H and O–H groups in total. The predicted octanol–water partition coefficient (Wildman–Crippen LogP) is 5.31. The third-order valence-electron chi connectivity index (χ3n) is 4.46. The molecule has 27 heavy (non-hydrogen) atoms. The number of carbonyl (C=O) groups excluding carboxylic acids is 1. The van der Waals surface area contributed by atoms with E-state index in [0.29, 0.717) is 0 Å². The normalized spacial score (nSPS) is 13.2. The SMILES string of the molecule is C[C@H](C(=O)Nc1ncn2c(C(F)(F)F)csc12)c1ccc2ccccc2c1. The summed E-state index contributed by atoms with van der Waals surface area (Å²) < 4.78 is 39.9. The lowest BCUT2D eigenvalue weighted by molar-refractivity contribution is -0.141. The molecule has 4 aromatic rings. The number of nitrogens with one attached hydrogen (secondary N) is 1. The van der Waals surface area contributed by atoms with Gasteiger partial charge < -0.3 is 5.32 Å². The average Bonchev–Trinajstić information content (AvgIpc) is 3.23. The van der Waals surface area contributed by atoms with Gasteiger partial charge in [-0.25, -0.2) is 4.98 Å². The van der Waals surface area contributed by atoms with Gasteiger partial charge in [0, 0.05) is 5.38 Å². The van der Waals surface area contributed by atoms with Gasteiger partial charge in [-0.1, -0.05) is 42.5 Å². The zero-order valence-electron chi connectivity index (χ0n) is 14.1. The van der Waals surface area contributed by atoms with Gasteiger partial charge in [-0.2, -0.15) is 13.2 Å². The number of hydrogen-bond acceptors (Lipinski definition) is 3. The van der Waals surface area contributed by atoms with Crippen LogP contribution in [0.15, 0.2) is 54.2 Å². The first-order valence-electron chi connectivity index (χ1n) is 8.16. The van der Waals surface area contributed by atoms with Gasteiger partial charge in [0.15, 0.2) is 5.82 Å². The summed E-state index contributed by atoms with van der Waals surface area (Å²) in [6, 6.07) is 13.6. The van der Waals surface area contributed by atoms with Crippen molar-refractivity contribution in [1.29, 1.82) is 0 Å². The van der Waals surface area contributed by atoms with Crippen LogP contribution in [0.25, 0.3) is 15.6 Å². The molecule has 0 bridgehead atoms. The van der Waals surface area contributed by atoms with Gasteiger partial charge in [0.2, 0.25) is 5.91 Å². The van der Waals surface area contributed by atoms with E-state index in [2.05, 4.69) is 10.3 Å². The highest BCUT2D eigenvalue weighted by atomic mass is 32.1. The molecule has 0 unspecified atom stereocenters. The van der Waals surface area contributed by atoms with E-state index in [9.17, 15) is 18.0 Å². The highest BCUT2D eigenvalue weighted by Crippen LogP contribution is 2.35. The maximum absolute atomic E-state index is 13.0. The Morgan fingerprint density at radius 1 is 1.19 bits per heavy atom. The standard InChI is InChI=1S/C19H14F3N3OS/c1-11(13-7-6-12-4-2-3-5-14(12)8-13)17(26)24-16-18-25(10-23-16)15(9-27-18)19(20,21)22/h2-11H,1H3,(H,24,26)/t11-/m0/s1. The number of halogens is 3. The molecule has 0 aliphatic carbocycles. The first kappa shape index (κ1) is 17.5. The average molecular weight is 389 g/mol. The van der Waals surface area contributed by atoms with Gasteiger partial charge in [-0.05, 0) is 23.3 Å². The summed E-state index contributed by atoms with van der Waals surface area (Å²) in [6.07, 6.45) is -3.40. The van der Waals surface area contributed by atoms with Crippen molar-refractivity contribution in [1.82, 2.24) is 9.38 Å². The van der Waals surface area contributed by atoms with Crippen molar-refractivity contribution in [2.75, 3.05) is 5.32 Å². The minimum absolute atomic E-state index is 0.133. The van der Waals surface area contributed by atoms with Crippen molar-refractivity contribution in [3.05, 3.63) is 65.4 Å². The Labute approximate surface area is 156 Å². The van der Waals surface area contributed by atoms with Crippen molar-refractivity contribution >= 4 is 38.7 Å². The lowest BCUT2D eigenvalue weighted by Gasteiger charge is -2.12. The van der Waals surface area contributed by atoms with Gasteiger partial charge >= 0.3 is 6.18 Å². The van der Waals surface area contributed by atoms with Crippen LogP contribution in [0.2, 0.25) is 0 Å². The smallest absolute Gasteiger partial charge is 0.308 e.